The smallest absolute Gasteiger partial charge is 0.371 e. The standard InChI is InChI=1S/C9H6O4/c10-6-2-1-5-3-8(9(11)12)13-7(5)4-6/h1-4,10H,(H,11,12). The van der Waals surface area contributed by atoms with Gasteiger partial charge in [-0.1, -0.05) is 0 Å². The molecule has 1 heterocycles. The van der Waals surface area contributed by atoms with Gasteiger partial charge >= 0.3 is 5.97 Å². The highest BCUT2D eigenvalue weighted by molar-refractivity contribution is 5.91. The van der Waals surface area contributed by atoms with E-state index >= 15 is 0 Å². The average molecular weight is 178 g/mol. The molecule has 4 nitrogen and oxygen atoms in total. The number of rotatable bonds is 1. The summed E-state index contributed by atoms with van der Waals surface area (Å²) in [5, 5.41) is 18.3. The summed E-state index contributed by atoms with van der Waals surface area (Å²) in [6, 6.07) is 5.86. The molecule has 1 aromatic carbocycles. The highest BCUT2D eigenvalue weighted by atomic mass is 16.4. The zero-order chi connectivity index (χ0) is 9.42. The van der Waals surface area contributed by atoms with Crippen molar-refractivity contribution in [2.45, 2.75) is 0 Å². The molecule has 13 heavy (non-hydrogen) atoms. The van der Waals surface area contributed by atoms with Crippen molar-refractivity contribution in [2.75, 3.05) is 0 Å². The minimum absolute atomic E-state index is 0.0544. The van der Waals surface area contributed by atoms with Crippen molar-refractivity contribution >= 4 is 16.9 Å². The van der Waals surface area contributed by atoms with E-state index in [1.807, 2.05) is 0 Å². The van der Waals surface area contributed by atoms with Crippen molar-refractivity contribution < 1.29 is 19.4 Å². The molecular weight excluding hydrogens is 172 g/mol. The number of hydrogen-bond donors (Lipinski definition) is 2. The van der Waals surface area contributed by atoms with Crippen molar-refractivity contribution in [3.63, 3.8) is 0 Å². The van der Waals surface area contributed by atoms with Crippen LogP contribution in [-0.2, 0) is 0 Å². The van der Waals surface area contributed by atoms with E-state index in [0.717, 1.165) is 0 Å². The number of carbonyl (C=O) groups is 1. The fraction of sp³-hybridized carbons (Fsp3) is 0. The Hall–Kier alpha value is -1.97. The molecule has 0 radical (unpaired) electrons. The molecule has 0 saturated heterocycles. The Morgan fingerprint density at radius 1 is 1.31 bits per heavy atom. The summed E-state index contributed by atoms with van der Waals surface area (Å²) >= 11 is 0. The molecule has 0 saturated carbocycles. The number of furan rings is 1. The van der Waals surface area contributed by atoms with E-state index in [-0.39, 0.29) is 11.5 Å². The van der Waals surface area contributed by atoms with Gasteiger partial charge in [-0.25, -0.2) is 4.79 Å². The van der Waals surface area contributed by atoms with E-state index in [0.29, 0.717) is 11.0 Å². The summed E-state index contributed by atoms with van der Waals surface area (Å²) in [4.78, 5) is 10.5. The van der Waals surface area contributed by atoms with Gasteiger partial charge in [0, 0.05) is 11.5 Å². The topological polar surface area (TPSA) is 70.7 Å². The number of hydrogen-bond acceptors (Lipinski definition) is 3. The SMILES string of the molecule is O=C(O)c1cc2ccc(O)cc2o1. The Bertz CT molecular complexity index is 469. The Morgan fingerprint density at radius 2 is 2.08 bits per heavy atom. The first-order valence-corrected chi connectivity index (χ1v) is 3.62. The van der Waals surface area contributed by atoms with Gasteiger partial charge in [-0.15, -0.1) is 0 Å². The summed E-state index contributed by atoms with van der Waals surface area (Å²) in [6.07, 6.45) is 0. The van der Waals surface area contributed by atoms with E-state index in [1.54, 1.807) is 6.07 Å². The van der Waals surface area contributed by atoms with Gasteiger partial charge in [0.2, 0.25) is 5.76 Å². The molecular formula is C9H6O4. The van der Waals surface area contributed by atoms with E-state index in [4.69, 9.17) is 14.6 Å². The number of fused-ring (bicyclic) bond motifs is 1. The third-order valence-corrected chi connectivity index (χ3v) is 1.71. The monoisotopic (exact) mass is 178 g/mol. The second-order valence-corrected chi connectivity index (χ2v) is 2.64. The van der Waals surface area contributed by atoms with E-state index in [1.165, 1.54) is 18.2 Å². The molecule has 2 rings (SSSR count). The summed E-state index contributed by atoms with van der Waals surface area (Å²) in [7, 11) is 0. The summed E-state index contributed by atoms with van der Waals surface area (Å²) in [6.45, 7) is 0. The number of carboxylic acid groups (broad SMARTS) is 1. The van der Waals surface area contributed by atoms with Crippen LogP contribution in [0.1, 0.15) is 10.6 Å². The fourth-order valence-electron chi connectivity index (χ4n) is 1.13. The van der Waals surface area contributed by atoms with Crippen LogP contribution in [-0.4, -0.2) is 16.2 Å². The molecule has 1 aromatic heterocycles. The summed E-state index contributed by atoms with van der Waals surface area (Å²) < 4.78 is 4.95. The number of carboxylic acids is 1. The minimum atomic E-state index is -1.12. The molecule has 2 aromatic rings. The van der Waals surface area contributed by atoms with Crippen molar-refractivity contribution in [3.8, 4) is 5.75 Å². The van der Waals surface area contributed by atoms with Crippen LogP contribution >= 0.6 is 0 Å². The van der Waals surface area contributed by atoms with Gasteiger partial charge < -0.3 is 14.6 Å². The first kappa shape index (κ1) is 7.67. The van der Waals surface area contributed by atoms with Gasteiger partial charge in [0.15, 0.2) is 0 Å². The van der Waals surface area contributed by atoms with Crippen molar-refractivity contribution in [1.82, 2.24) is 0 Å². The Kier molecular flexibility index (Phi) is 1.48. The molecule has 0 fully saturated rings. The molecule has 2 N–H and O–H groups in total. The number of phenolic OH excluding ortho intramolecular Hbond substituents is 1. The minimum Gasteiger partial charge on any atom is -0.508 e. The van der Waals surface area contributed by atoms with Crippen LogP contribution in [0.2, 0.25) is 0 Å². The first-order chi connectivity index (χ1) is 6.16. The lowest BCUT2D eigenvalue weighted by molar-refractivity contribution is 0.0665. The molecule has 66 valence electrons. The lowest BCUT2D eigenvalue weighted by Gasteiger charge is -1.88. The van der Waals surface area contributed by atoms with Gasteiger partial charge in [-0.3, -0.25) is 0 Å². The van der Waals surface area contributed by atoms with Crippen LogP contribution in [0.4, 0.5) is 0 Å². The van der Waals surface area contributed by atoms with Gasteiger partial charge in [-0.05, 0) is 18.2 Å². The lowest BCUT2D eigenvalue weighted by atomic mass is 10.2. The molecule has 4 heteroatoms. The van der Waals surface area contributed by atoms with Crippen molar-refractivity contribution in [3.05, 3.63) is 30.0 Å². The maximum absolute atomic E-state index is 10.5. The molecule has 0 spiro atoms. The molecule has 0 bridgehead atoms. The van der Waals surface area contributed by atoms with Crippen LogP contribution in [0.25, 0.3) is 11.0 Å². The number of phenols is 1. The number of aromatic carboxylic acids is 1. The molecule has 0 amide bonds. The highest BCUT2D eigenvalue weighted by Gasteiger charge is 2.09. The first-order valence-electron chi connectivity index (χ1n) is 3.62. The highest BCUT2D eigenvalue weighted by Crippen LogP contribution is 2.23. The predicted molar refractivity (Wildman–Crippen MR) is 44.8 cm³/mol. The summed E-state index contributed by atoms with van der Waals surface area (Å²) in [5.41, 5.74) is 0.373. The normalized spacial score (nSPS) is 10.5. The predicted octanol–water partition coefficient (Wildman–Crippen LogP) is 1.84. The Labute approximate surface area is 73.0 Å². The number of aromatic hydroxyl groups is 1. The zero-order valence-corrected chi connectivity index (χ0v) is 6.52. The maximum Gasteiger partial charge on any atom is 0.371 e. The Balaban J connectivity index is 2.68. The third-order valence-electron chi connectivity index (χ3n) is 1.71. The molecule has 0 aliphatic rings. The second kappa shape index (κ2) is 2.52. The van der Waals surface area contributed by atoms with Gasteiger partial charge in [0.05, 0.1) is 0 Å². The van der Waals surface area contributed by atoms with Crippen LogP contribution in [0.3, 0.4) is 0 Å². The lowest BCUT2D eigenvalue weighted by Crippen LogP contribution is -1.91. The van der Waals surface area contributed by atoms with Crippen LogP contribution in [0.15, 0.2) is 28.7 Å². The second-order valence-electron chi connectivity index (χ2n) is 2.64. The van der Waals surface area contributed by atoms with Crippen molar-refractivity contribution in [2.24, 2.45) is 0 Å². The van der Waals surface area contributed by atoms with E-state index in [2.05, 4.69) is 0 Å². The molecule has 0 atom stereocenters. The summed E-state index contributed by atoms with van der Waals surface area (Å²) in [5.74, 6) is -1.19. The molecule has 0 unspecified atom stereocenters. The van der Waals surface area contributed by atoms with Gasteiger partial charge in [-0.2, -0.15) is 0 Å². The quantitative estimate of drug-likeness (QED) is 0.698. The van der Waals surface area contributed by atoms with Crippen LogP contribution in [0.5, 0.6) is 5.75 Å². The number of benzene rings is 1. The zero-order valence-electron chi connectivity index (χ0n) is 6.52. The molecule has 0 aliphatic heterocycles. The largest absolute Gasteiger partial charge is 0.508 e. The van der Waals surface area contributed by atoms with Gasteiger partial charge in [0.1, 0.15) is 11.3 Å². The van der Waals surface area contributed by atoms with E-state index < -0.39 is 5.97 Å². The molecule has 0 aliphatic carbocycles. The van der Waals surface area contributed by atoms with E-state index in [9.17, 15) is 4.79 Å². The van der Waals surface area contributed by atoms with Crippen LogP contribution in [0, 0.1) is 0 Å². The fourth-order valence-corrected chi connectivity index (χ4v) is 1.13. The Morgan fingerprint density at radius 3 is 2.77 bits per heavy atom. The maximum atomic E-state index is 10.5. The third kappa shape index (κ3) is 1.22. The van der Waals surface area contributed by atoms with Crippen molar-refractivity contribution in [1.29, 1.82) is 0 Å². The van der Waals surface area contributed by atoms with Crippen LogP contribution < -0.4 is 0 Å². The van der Waals surface area contributed by atoms with Gasteiger partial charge in [0.25, 0.3) is 0 Å². The average Bonchev–Trinajstić information content (AvgIpc) is 2.46.